The lowest BCUT2D eigenvalue weighted by atomic mass is 9.89. The molecule has 2 aliphatic heterocycles. The van der Waals surface area contributed by atoms with Gasteiger partial charge in [0.2, 0.25) is 0 Å². The zero-order chi connectivity index (χ0) is 15.5. The van der Waals surface area contributed by atoms with Gasteiger partial charge in [-0.05, 0) is 31.4 Å². The largest absolute Gasteiger partial charge is 0.373 e. The molecule has 23 heavy (non-hydrogen) atoms. The molecule has 2 aromatic heterocycles. The molecule has 1 N–H and O–H groups in total. The van der Waals surface area contributed by atoms with Crippen molar-refractivity contribution in [2.75, 3.05) is 25.0 Å². The first-order valence-corrected chi connectivity index (χ1v) is 9.12. The minimum Gasteiger partial charge on any atom is -0.373 e. The van der Waals surface area contributed by atoms with Gasteiger partial charge in [0.05, 0.1) is 12.1 Å². The number of likely N-dealkylation sites (tertiary alicyclic amines) is 1. The molecule has 2 saturated heterocycles. The van der Waals surface area contributed by atoms with E-state index in [0.717, 1.165) is 51.3 Å². The average Bonchev–Trinajstić information content (AvgIpc) is 3.20. The molecule has 0 saturated carbocycles. The summed E-state index contributed by atoms with van der Waals surface area (Å²) in [5.74, 6) is 0.965. The third-order valence-electron chi connectivity index (χ3n) is 4.75. The molecule has 0 bridgehead atoms. The number of hydrogen-bond donors (Lipinski definition) is 1. The van der Waals surface area contributed by atoms with E-state index in [-0.39, 0.29) is 5.60 Å². The van der Waals surface area contributed by atoms with E-state index in [1.807, 2.05) is 36.0 Å². The Morgan fingerprint density at radius 3 is 3.17 bits per heavy atom. The van der Waals surface area contributed by atoms with Crippen molar-refractivity contribution in [1.82, 2.24) is 14.9 Å². The summed E-state index contributed by atoms with van der Waals surface area (Å²) in [6.45, 7) is 3.87. The average molecular weight is 330 g/mol. The summed E-state index contributed by atoms with van der Waals surface area (Å²) in [6.07, 6.45) is 6.93. The number of anilines is 1. The van der Waals surface area contributed by atoms with Gasteiger partial charge in [-0.3, -0.25) is 4.90 Å². The number of hydrogen-bond acceptors (Lipinski definition) is 6. The van der Waals surface area contributed by atoms with Crippen molar-refractivity contribution in [2.24, 2.45) is 0 Å². The molecule has 5 nitrogen and oxygen atoms in total. The molecule has 0 radical (unpaired) electrons. The van der Waals surface area contributed by atoms with E-state index in [0.29, 0.717) is 6.04 Å². The van der Waals surface area contributed by atoms with E-state index < -0.39 is 0 Å². The van der Waals surface area contributed by atoms with Gasteiger partial charge in [0.1, 0.15) is 10.8 Å². The summed E-state index contributed by atoms with van der Waals surface area (Å²) in [4.78, 5) is 11.3. The molecule has 122 valence electrons. The number of thiazole rings is 1. The Balaban J connectivity index is 1.37. The summed E-state index contributed by atoms with van der Waals surface area (Å²) < 4.78 is 6.22. The van der Waals surface area contributed by atoms with E-state index in [1.165, 1.54) is 5.01 Å². The highest BCUT2D eigenvalue weighted by Gasteiger charge is 2.43. The molecule has 2 aromatic rings. The zero-order valence-electron chi connectivity index (χ0n) is 13.1. The van der Waals surface area contributed by atoms with Gasteiger partial charge in [-0.25, -0.2) is 9.97 Å². The quantitative estimate of drug-likeness (QED) is 0.934. The van der Waals surface area contributed by atoms with Gasteiger partial charge in [0.15, 0.2) is 0 Å². The minimum atomic E-state index is 0.00194. The van der Waals surface area contributed by atoms with Crippen LogP contribution in [0, 0.1) is 0 Å². The van der Waals surface area contributed by atoms with Crippen molar-refractivity contribution in [3.05, 3.63) is 41.0 Å². The molecule has 0 aromatic carbocycles. The lowest BCUT2D eigenvalue weighted by Crippen LogP contribution is -2.46. The number of ether oxygens (including phenoxy) is 1. The summed E-state index contributed by atoms with van der Waals surface area (Å²) in [5.41, 5.74) is 0.00194. The van der Waals surface area contributed by atoms with Crippen LogP contribution in [0.2, 0.25) is 0 Å². The number of rotatable bonds is 4. The second kappa shape index (κ2) is 6.55. The van der Waals surface area contributed by atoms with Crippen LogP contribution in [-0.4, -0.2) is 46.2 Å². The summed E-state index contributed by atoms with van der Waals surface area (Å²) in [6, 6.07) is 6.45. The van der Waals surface area contributed by atoms with Crippen molar-refractivity contribution in [2.45, 2.75) is 37.5 Å². The highest BCUT2D eigenvalue weighted by Crippen LogP contribution is 2.35. The third kappa shape index (κ3) is 3.54. The molecular formula is C17H22N4OS. The van der Waals surface area contributed by atoms with Gasteiger partial charge in [-0.1, -0.05) is 6.07 Å². The van der Waals surface area contributed by atoms with Gasteiger partial charge in [0.25, 0.3) is 0 Å². The van der Waals surface area contributed by atoms with E-state index in [1.54, 1.807) is 11.3 Å². The van der Waals surface area contributed by atoms with Crippen LogP contribution in [0.1, 0.15) is 24.3 Å². The predicted octanol–water partition coefficient (Wildman–Crippen LogP) is 2.77. The first kappa shape index (κ1) is 15.1. The maximum Gasteiger partial charge on any atom is 0.126 e. The van der Waals surface area contributed by atoms with E-state index in [9.17, 15) is 0 Å². The topological polar surface area (TPSA) is 50.3 Å². The second-order valence-electron chi connectivity index (χ2n) is 6.47. The van der Waals surface area contributed by atoms with Crippen LogP contribution in [0.15, 0.2) is 36.0 Å². The monoisotopic (exact) mass is 330 g/mol. The van der Waals surface area contributed by atoms with Gasteiger partial charge in [0, 0.05) is 43.5 Å². The van der Waals surface area contributed by atoms with Crippen LogP contribution >= 0.6 is 11.3 Å². The molecule has 2 atom stereocenters. The van der Waals surface area contributed by atoms with E-state index in [4.69, 9.17) is 4.74 Å². The van der Waals surface area contributed by atoms with Crippen molar-refractivity contribution >= 4 is 17.2 Å². The number of pyridine rings is 1. The third-order valence-corrected chi connectivity index (χ3v) is 5.51. The van der Waals surface area contributed by atoms with Crippen molar-refractivity contribution < 1.29 is 4.74 Å². The molecule has 1 spiro atoms. The van der Waals surface area contributed by atoms with Gasteiger partial charge < -0.3 is 10.1 Å². The normalized spacial score (nSPS) is 28.3. The highest BCUT2D eigenvalue weighted by molar-refractivity contribution is 7.09. The Morgan fingerprint density at radius 2 is 2.35 bits per heavy atom. The standard InChI is InChI=1S/C17H22N4OS/c1-2-6-18-15(3-1)20-14-4-9-22-17(11-14)5-8-21(13-17)12-16-19-7-10-23-16/h1-3,6-7,10,14H,4-5,8-9,11-13H2,(H,18,20)/t14-,17-/m0/s1. The Morgan fingerprint density at radius 1 is 1.35 bits per heavy atom. The van der Waals surface area contributed by atoms with Crippen LogP contribution in [-0.2, 0) is 11.3 Å². The number of nitrogens with one attached hydrogen (secondary N) is 1. The lowest BCUT2D eigenvalue weighted by molar-refractivity contribution is -0.0737. The van der Waals surface area contributed by atoms with Crippen LogP contribution in [0.4, 0.5) is 5.82 Å². The second-order valence-corrected chi connectivity index (χ2v) is 7.45. The Hall–Kier alpha value is -1.50. The van der Waals surface area contributed by atoms with E-state index in [2.05, 4.69) is 20.2 Å². The summed E-state index contributed by atoms with van der Waals surface area (Å²) >= 11 is 1.73. The SMILES string of the molecule is c1ccc(N[C@H]2CCO[C@@]3(CCN(Cc4nccs4)C3)C2)nc1. The molecule has 2 fully saturated rings. The molecular weight excluding hydrogens is 308 g/mol. The Bertz CT molecular complexity index is 621. The van der Waals surface area contributed by atoms with Gasteiger partial charge in [-0.15, -0.1) is 11.3 Å². The molecule has 6 heteroatoms. The van der Waals surface area contributed by atoms with E-state index >= 15 is 0 Å². The maximum absolute atomic E-state index is 6.22. The lowest BCUT2D eigenvalue weighted by Gasteiger charge is -2.38. The first-order valence-electron chi connectivity index (χ1n) is 8.24. The fourth-order valence-corrected chi connectivity index (χ4v) is 4.34. The Kier molecular flexibility index (Phi) is 4.29. The predicted molar refractivity (Wildman–Crippen MR) is 91.6 cm³/mol. The summed E-state index contributed by atoms with van der Waals surface area (Å²) in [7, 11) is 0. The smallest absolute Gasteiger partial charge is 0.126 e. The molecule has 0 aliphatic carbocycles. The highest BCUT2D eigenvalue weighted by atomic mass is 32.1. The van der Waals surface area contributed by atoms with Crippen LogP contribution in [0.25, 0.3) is 0 Å². The van der Waals surface area contributed by atoms with Crippen molar-refractivity contribution in [1.29, 1.82) is 0 Å². The fourth-order valence-electron chi connectivity index (χ4n) is 3.68. The van der Waals surface area contributed by atoms with Crippen LogP contribution in [0.3, 0.4) is 0 Å². The molecule has 0 unspecified atom stereocenters. The van der Waals surface area contributed by atoms with Crippen molar-refractivity contribution in [3.8, 4) is 0 Å². The molecule has 2 aliphatic rings. The Labute approximate surface area is 140 Å². The number of aromatic nitrogens is 2. The number of nitrogens with zero attached hydrogens (tertiary/aromatic N) is 3. The molecule has 4 heterocycles. The van der Waals surface area contributed by atoms with Crippen LogP contribution in [0.5, 0.6) is 0 Å². The minimum absolute atomic E-state index is 0.00194. The molecule has 0 amide bonds. The molecule has 4 rings (SSSR count). The zero-order valence-corrected chi connectivity index (χ0v) is 14.0. The van der Waals surface area contributed by atoms with Gasteiger partial charge in [-0.2, -0.15) is 0 Å². The van der Waals surface area contributed by atoms with Gasteiger partial charge >= 0.3 is 0 Å². The fraction of sp³-hybridized carbons (Fsp3) is 0.529. The maximum atomic E-state index is 6.22. The summed E-state index contributed by atoms with van der Waals surface area (Å²) in [5, 5.41) is 6.81. The first-order chi connectivity index (χ1) is 11.3. The van der Waals surface area contributed by atoms with Crippen LogP contribution < -0.4 is 5.32 Å². The van der Waals surface area contributed by atoms with Crippen molar-refractivity contribution in [3.63, 3.8) is 0 Å².